The summed E-state index contributed by atoms with van der Waals surface area (Å²) in [5, 5.41) is 3.47. The Morgan fingerprint density at radius 1 is 1.09 bits per heavy atom. The maximum absolute atomic E-state index is 6.00. The lowest BCUT2D eigenvalue weighted by Gasteiger charge is -2.24. The highest BCUT2D eigenvalue weighted by atomic mass is 16.5. The van der Waals surface area contributed by atoms with E-state index in [0.717, 1.165) is 30.2 Å². The summed E-state index contributed by atoms with van der Waals surface area (Å²) in [6, 6.07) is 16.5. The van der Waals surface area contributed by atoms with Crippen LogP contribution in [0.2, 0.25) is 0 Å². The van der Waals surface area contributed by atoms with Crippen LogP contribution in [0.25, 0.3) is 0 Å². The Hall–Kier alpha value is -2.00. The van der Waals surface area contributed by atoms with Crippen molar-refractivity contribution in [2.45, 2.75) is 25.4 Å². The summed E-state index contributed by atoms with van der Waals surface area (Å²) in [5.74, 6) is 2.19. The number of rotatable bonds is 5. The van der Waals surface area contributed by atoms with Crippen LogP contribution >= 0.6 is 0 Å². The van der Waals surface area contributed by atoms with Gasteiger partial charge in [-0.25, -0.2) is 0 Å². The minimum absolute atomic E-state index is 0.559. The average Bonchev–Trinajstić information content (AvgIpc) is 2.61. The van der Waals surface area contributed by atoms with Gasteiger partial charge in [0.1, 0.15) is 6.61 Å². The number of piperidine rings is 1. The van der Waals surface area contributed by atoms with Crippen molar-refractivity contribution in [1.29, 1.82) is 0 Å². The topological polar surface area (TPSA) is 30.5 Å². The van der Waals surface area contributed by atoms with E-state index in [1.165, 1.54) is 18.4 Å². The standard InChI is InChI=1S/C19H23NO2/c1-21-18-10-9-16(17-8-5-11-20-13-17)12-19(18)22-14-15-6-3-2-4-7-15/h2-4,6-7,9-10,12,17,20H,5,8,11,13-14H2,1H3. The van der Waals surface area contributed by atoms with E-state index in [0.29, 0.717) is 12.5 Å². The third kappa shape index (κ3) is 3.60. The Bertz CT molecular complexity index is 592. The van der Waals surface area contributed by atoms with Crippen LogP contribution in [0.1, 0.15) is 29.9 Å². The maximum atomic E-state index is 6.00. The third-order valence-corrected chi connectivity index (χ3v) is 4.19. The third-order valence-electron chi connectivity index (χ3n) is 4.19. The number of ether oxygens (including phenoxy) is 2. The molecule has 0 amide bonds. The number of hydrogen-bond donors (Lipinski definition) is 1. The predicted molar refractivity (Wildman–Crippen MR) is 88.6 cm³/mol. The van der Waals surface area contributed by atoms with Crippen molar-refractivity contribution < 1.29 is 9.47 Å². The Labute approximate surface area is 132 Å². The van der Waals surface area contributed by atoms with E-state index in [1.807, 2.05) is 24.3 Å². The van der Waals surface area contributed by atoms with Crippen LogP contribution in [0.4, 0.5) is 0 Å². The molecule has 2 aromatic rings. The monoisotopic (exact) mass is 297 g/mol. The van der Waals surface area contributed by atoms with Gasteiger partial charge < -0.3 is 14.8 Å². The van der Waals surface area contributed by atoms with Crippen molar-refractivity contribution in [2.75, 3.05) is 20.2 Å². The minimum atomic E-state index is 0.559. The largest absolute Gasteiger partial charge is 0.493 e. The molecule has 1 heterocycles. The molecule has 0 saturated carbocycles. The first-order valence-electron chi connectivity index (χ1n) is 7.92. The summed E-state index contributed by atoms with van der Waals surface area (Å²) < 4.78 is 11.4. The SMILES string of the molecule is COc1ccc(C2CCCNC2)cc1OCc1ccccc1. The van der Waals surface area contributed by atoms with Gasteiger partial charge in [-0.2, -0.15) is 0 Å². The van der Waals surface area contributed by atoms with Gasteiger partial charge in [-0.05, 0) is 48.6 Å². The molecule has 116 valence electrons. The van der Waals surface area contributed by atoms with Gasteiger partial charge in [0.2, 0.25) is 0 Å². The molecule has 1 aliphatic heterocycles. The quantitative estimate of drug-likeness (QED) is 0.912. The molecule has 22 heavy (non-hydrogen) atoms. The lowest BCUT2D eigenvalue weighted by atomic mass is 9.91. The summed E-state index contributed by atoms with van der Waals surface area (Å²) in [6.07, 6.45) is 2.47. The molecule has 3 nitrogen and oxygen atoms in total. The average molecular weight is 297 g/mol. The van der Waals surface area contributed by atoms with Crippen molar-refractivity contribution >= 4 is 0 Å². The lowest BCUT2D eigenvalue weighted by molar-refractivity contribution is 0.283. The lowest BCUT2D eigenvalue weighted by Crippen LogP contribution is -2.28. The van der Waals surface area contributed by atoms with Gasteiger partial charge in [0.05, 0.1) is 7.11 Å². The smallest absolute Gasteiger partial charge is 0.161 e. The maximum Gasteiger partial charge on any atom is 0.161 e. The van der Waals surface area contributed by atoms with Gasteiger partial charge in [-0.15, -0.1) is 0 Å². The van der Waals surface area contributed by atoms with Crippen molar-refractivity contribution in [2.24, 2.45) is 0 Å². The van der Waals surface area contributed by atoms with Gasteiger partial charge in [0, 0.05) is 6.54 Å². The van der Waals surface area contributed by atoms with Gasteiger partial charge >= 0.3 is 0 Å². The van der Waals surface area contributed by atoms with E-state index in [4.69, 9.17) is 9.47 Å². The molecule has 1 saturated heterocycles. The Morgan fingerprint density at radius 2 is 1.95 bits per heavy atom. The predicted octanol–water partition coefficient (Wildman–Crippen LogP) is 3.74. The van der Waals surface area contributed by atoms with Crippen LogP contribution in [-0.4, -0.2) is 20.2 Å². The molecule has 0 radical (unpaired) electrons. The molecular weight excluding hydrogens is 274 g/mol. The zero-order valence-corrected chi connectivity index (χ0v) is 13.0. The summed E-state index contributed by atoms with van der Waals surface area (Å²) in [5.41, 5.74) is 2.49. The highest BCUT2D eigenvalue weighted by Gasteiger charge is 2.17. The van der Waals surface area contributed by atoms with E-state index >= 15 is 0 Å². The Morgan fingerprint density at radius 3 is 2.68 bits per heavy atom. The Balaban J connectivity index is 1.75. The van der Waals surface area contributed by atoms with Crippen LogP contribution < -0.4 is 14.8 Å². The number of hydrogen-bond acceptors (Lipinski definition) is 3. The van der Waals surface area contributed by atoms with Crippen LogP contribution in [-0.2, 0) is 6.61 Å². The van der Waals surface area contributed by atoms with Gasteiger partial charge in [-0.3, -0.25) is 0 Å². The molecule has 0 spiro atoms. The van der Waals surface area contributed by atoms with Gasteiger partial charge in [0.15, 0.2) is 11.5 Å². The zero-order chi connectivity index (χ0) is 15.2. The first kappa shape index (κ1) is 14.9. The number of methoxy groups -OCH3 is 1. The fourth-order valence-electron chi connectivity index (χ4n) is 2.93. The molecule has 1 aliphatic rings. The molecule has 1 unspecified atom stereocenters. The zero-order valence-electron chi connectivity index (χ0n) is 13.0. The molecule has 0 aromatic heterocycles. The molecule has 0 bridgehead atoms. The van der Waals surface area contributed by atoms with Crippen LogP contribution in [0.3, 0.4) is 0 Å². The molecular formula is C19H23NO2. The summed E-state index contributed by atoms with van der Waals surface area (Å²) >= 11 is 0. The van der Waals surface area contributed by atoms with Crippen molar-refractivity contribution in [1.82, 2.24) is 5.32 Å². The highest BCUT2D eigenvalue weighted by Crippen LogP contribution is 2.33. The number of benzene rings is 2. The molecule has 1 N–H and O–H groups in total. The van der Waals surface area contributed by atoms with Crippen molar-refractivity contribution in [3.05, 3.63) is 59.7 Å². The highest BCUT2D eigenvalue weighted by molar-refractivity contribution is 5.44. The molecule has 1 atom stereocenters. The van der Waals surface area contributed by atoms with E-state index in [-0.39, 0.29) is 0 Å². The second-order valence-corrected chi connectivity index (χ2v) is 5.73. The van der Waals surface area contributed by atoms with E-state index in [9.17, 15) is 0 Å². The second kappa shape index (κ2) is 7.32. The van der Waals surface area contributed by atoms with E-state index in [1.54, 1.807) is 7.11 Å². The summed E-state index contributed by atoms with van der Waals surface area (Å²) in [7, 11) is 1.69. The van der Waals surface area contributed by atoms with Gasteiger partial charge in [-0.1, -0.05) is 36.4 Å². The van der Waals surface area contributed by atoms with Crippen LogP contribution in [0.5, 0.6) is 11.5 Å². The summed E-state index contributed by atoms with van der Waals surface area (Å²) in [4.78, 5) is 0. The van der Waals surface area contributed by atoms with Crippen LogP contribution in [0.15, 0.2) is 48.5 Å². The summed E-state index contributed by atoms with van der Waals surface area (Å²) in [6.45, 7) is 2.73. The fraction of sp³-hybridized carbons (Fsp3) is 0.368. The fourth-order valence-corrected chi connectivity index (χ4v) is 2.93. The van der Waals surface area contributed by atoms with E-state index in [2.05, 4.69) is 29.6 Å². The molecule has 3 rings (SSSR count). The van der Waals surface area contributed by atoms with E-state index < -0.39 is 0 Å². The Kier molecular flexibility index (Phi) is 4.96. The first-order chi connectivity index (χ1) is 10.9. The van der Waals surface area contributed by atoms with Crippen molar-refractivity contribution in [3.63, 3.8) is 0 Å². The first-order valence-corrected chi connectivity index (χ1v) is 7.92. The number of nitrogens with one attached hydrogen (secondary N) is 1. The molecule has 1 fully saturated rings. The molecule has 3 heteroatoms. The normalized spacial score (nSPS) is 18.0. The minimum Gasteiger partial charge on any atom is -0.493 e. The molecule has 0 aliphatic carbocycles. The van der Waals surface area contributed by atoms with Crippen LogP contribution in [0, 0.1) is 0 Å². The molecule has 2 aromatic carbocycles. The van der Waals surface area contributed by atoms with Gasteiger partial charge in [0.25, 0.3) is 0 Å². The van der Waals surface area contributed by atoms with Crippen molar-refractivity contribution in [3.8, 4) is 11.5 Å². The second-order valence-electron chi connectivity index (χ2n) is 5.73.